The lowest BCUT2D eigenvalue weighted by Crippen LogP contribution is -2.07. The van der Waals surface area contributed by atoms with E-state index >= 15 is 0 Å². The highest BCUT2D eigenvalue weighted by Crippen LogP contribution is 2.13. The molecule has 0 amide bonds. The molecule has 0 unspecified atom stereocenters. The maximum absolute atomic E-state index is 11.3. The first-order chi connectivity index (χ1) is 10.7. The number of ether oxygens (including phenoxy) is 2. The van der Waals surface area contributed by atoms with Gasteiger partial charge in [-0.2, -0.15) is 0 Å². The molecule has 0 radical (unpaired) electrons. The topological polar surface area (TPSA) is 47.6 Å². The fourth-order valence-electron chi connectivity index (χ4n) is 1.97. The maximum Gasteiger partial charge on any atom is 0.337 e. The minimum absolute atomic E-state index is 0.339. The minimum Gasteiger partial charge on any atom is -0.494 e. The molecular formula is C18H21NO3. The van der Waals surface area contributed by atoms with E-state index in [0.29, 0.717) is 12.2 Å². The van der Waals surface area contributed by atoms with Crippen molar-refractivity contribution >= 4 is 11.7 Å². The number of aryl methyl sites for hydroxylation is 1. The van der Waals surface area contributed by atoms with Gasteiger partial charge in [-0.25, -0.2) is 4.79 Å². The van der Waals surface area contributed by atoms with Gasteiger partial charge in [-0.3, -0.25) is 0 Å². The van der Waals surface area contributed by atoms with Gasteiger partial charge in [-0.05, 0) is 49.7 Å². The Hall–Kier alpha value is -2.49. The van der Waals surface area contributed by atoms with Crippen LogP contribution >= 0.6 is 0 Å². The summed E-state index contributed by atoms with van der Waals surface area (Å²) in [7, 11) is 1.37. The van der Waals surface area contributed by atoms with E-state index in [9.17, 15) is 4.79 Å². The summed E-state index contributed by atoms with van der Waals surface area (Å²) >= 11 is 0. The van der Waals surface area contributed by atoms with E-state index in [4.69, 9.17) is 4.74 Å². The first-order valence-corrected chi connectivity index (χ1v) is 7.31. The molecule has 0 fully saturated rings. The monoisotopic (exact) mass is 299 g/mol. The normalized spacial score (nSPS) is 10.1. The lowest BCUT2D eigenvalue weighted by molar-refractivity contribution is 0.0600. The van der Waals surface area contributed by atoms with Crippen molar-refractivity contribution in [2.24, 2.45) is 0 Å². The molecule has 0 aliphatic rings. The second kappa shape index (κ2) is 8.08. The Morgan fingerprint density at radius 2 is 1.73 bits per heavy atom. The third kappa shape index (κ3) is 4.81. The molecule has 2 aromatic rings. The summed E-state index contributed by atoms with van der Waals surface area (Å²) in [6, 6.07) is 15.3. The lowest BCUT2D eigenvalue weighted by atomic mass is 10.2. The van der Waals surface area contributed by atoms with Crippen LogP contribution in [0, 0.1) is 6.92 Å². The molecule has 116 valence electrons. The number of hydrogen-bond donors (Lipinski definition) is 1. The van der Waals surface area contributed by atoms with Crippen molar-refractivity contribution in [1.29, 1.82) is 0 Å². The van der Waals surface area contributed by atoms with E-state index in [2.05, 4.69) is 41.2 Å². The van der Waals surface area contributed by atoms with Crippen LogP contribution in [0.25, 0.3) is 0 Å². The van der Waals surface area contributed by atoms with Crippen molar-refractivity contribution in [1.82, 2.24) is 0 Å². The van der Waals surface area contributed by atoms with Gasteiger partial charge >= 0.3 is 5.97 Å². The van der Waals surface area contributed by atoms with Crippen molar-refractivity contribution < 1.29 is 14.3 Å². The molecule has 0 saturated carbocycles. The Morgan fingerprint density at radius 3 is 2.36 bits per heavy atom. The van der Waals surface area contributed by atoms with E-state index in [1.165, 1.54) is 12.7 Å². The van der Waals surface area contributed by atoms with Crippen molar-refractivity contribution in [2.75, 3.05) is 25.6 Å². The molecule has 2 aromatic carbocycles. The summed E-state index contributed by atoms with van der Waals surface area (Å²) < 4.78 is 10.3. The van der Waals surface area contributed by atoms with Gasteiger partial charge in [0.1, 0.15) is 5.75 Å². The number of esters is 1. The molecule has 1 N–H and O–H groups in total. The number of carbonyl (C=O) groups excluding carboxylic acids is 1. The summed E-state index contributed by atoms with van der Waals surface area (Å²) in [6.07, 6.45) is 0.895. The minimum atomic E-state index is -0.339. The van der Waals surface area contributed by atoms with Crippen molar-refractivity contribution in [3.8, 4) is 5.75 Å². The summed E-state index contributed by atoms with van der Waals surface area (Å²) in [6.45, 7) is 3.54. The molecule has 0 atom stereocenters. The highest BCUT2D eigenvalue weighted by atomic mass is 16.5. The number of hydrogen-bond acceptors (Lipinski definition) is 4. The lowest BCUT2D eigenvalue weighted by Gasteiger charge is -2.09. The van der Waals surface area contributed by atoms with E-state index in [1.807, 2.05) is 0 Å². The Bertz CT molecular complexity index is 591. The van der Waals surface area contributed by atoms with E-state index in [0.717, 1.165) is 24.4 Å². The molecule has 0 aliphatic carbocycles. The smallest absolute Gasteiger partial charge is 0.337 e. The van der Waals surface area contributed by atoms with Gasteiger partial charge in [0.2, 0.25) is 0 Å². The molecule has 2 rings (SSSR count). The highest BCUT2D eigenvalue weighted by molar-refractivity contribution is 5.89. The largest absolute Gasteiger partial charge is 0.494 e. The zero-order valence-corrected chi connectivity index (χ0v) is 13.0. The highest BCUT2D eigenvalue weighted by Gasteiger charge is 2.04. The predicted octanol–water partition coefficient (Wildman–Crippen LogP) is 3.66. The van der Waals surface area contributed by atoms with Crippen LogP contribution < -0.4 is 10.1 Å². The second-order valence-corrected chi connectivity index (χ2v) is 5.01. The number of rotatable bonds is 7. The molecule has 0 spiro atoms. The molecule has 0 aromatic heterocycles. The standard InChI is InChI=1S/C18H21NO3/c1-14-4-8-16(9-5-14)19-12-3-13-22-17-10-6-15(7-11-17)18(20)21-2/h4-11,19H,3,12-13H2,1-2H3. The molecule has 4 nitrogen and oxygen atoms in total. The SMILES string of the molecule is COC(=O)c1ccc(OCCCNc2ccc(C)cc2)cc1. The van der Waals surface area contributed by atoms with Gasteiger partial charge in [-0.15, -0.1) is 0 Å². The van der Waals surface area contributed by atoms with Crippen LogP contribution in [-0.4, -0.2) is 26.2 Å². The van der Waals surface area contributed by atoms with Crippen LogP contribution in [0.15, 0.2) is 48.5 Å². The molecule has 0 heterocycles. The first-order valence-electron chi connectivity index (χ1n) is 7.31. The van der Waals surface area contributed by atoms with Crippen LogP contribution in [-0.2, 0) is 4.74 Å². The molecule has 4 heteroatoms. The van der Waals surface area contributed by atoms with Gasteiger partial charge in [0.15, 0.2) is 0 Å². The van der Waals surface area contributed by atoms with Gasteiger partial charge < -0.3 is 14.8 Å². The average molecular weight is 299 g/mol. The number of methoxy groups -OCH3 is 1. The van der Waals surface area contributed by atoms with Crippen LogP contribution in [0.1, 0.15) is 22.3 Å². The summed E-state index contributed by atoms with van der Waals surface area (Å²) in [5.41, 5.74) is 2.90. The first kappa shape index (κ1) is 15.9. The van der Waals surface area contributed by atoms with Crippen LogP contribution in [0.2, 0.25) is 0 Å². The Morgan fingerprint density at radius 1 is 1.05 bits per heavy atom. The third-order valence-corrected chi connectivity index (χ3v) is 3.25. The van der Waals surface area contributed by atoms with Gasteiger partial charge in [0, 0.05) is 12.2 Å². The van der Waals surface area contributed by atoms with Crippen LogP contribution in [0.4, 0.5) is 5.69 Å². The van der Waals surface area contributed by atoms with Gasteiger partial charge in [0.05, 0.1) is 19.3 Å². The summed E-state index contributed by atoms with van der Waals surface area (Å²) in [5, 5.41) is 3.35. The Balaban J connectivity index is 1.68. The third-order valence-electron chi connectivity index (χ3n) is 3.25. The van der Waals surface area contributed by atoms with Crippen LogP contribution in [0.5, 0.6) is 5.75 Å². The van der Waals surface area contributed by atoms with Crippen molar-refractivity contribution in [2.45, 2.75) is 13.3 Å². The van der Waals surface area contributed by atoms with E-state index in [1.54, 1.807) is 24.3 Å². The molecule has 0 bridgehead atoms. The Kier molecular flexibility index (Phi) is 5.83. The molecule has 22 heavy (non-hydrogen) atoms. The number of benzene rings is 2. The predicted molar refractivity (Wildman–Crippen MR) is 87.6 cm³/mol. The fraction of sp³-hybridized carbons (Fsp3) is 0.278. The number of carbonyl (C=O) groups is 1. The van der Waals surface area contributed by atoms with Gasteiger partial charge in [0.25, 0.3) is 0 Å². The van der Waals surface area contributed by atoms with E-state index < -0.39 is 0 Å². The molecular weight excluding hydrogens is 278 g/mol. The summed E-state index contributed by atoms with van der Waals surface area (Å²) in [5.74, 6) is 0.414. The van der Waals surface area contributed by atoms with Crippen molar-refractivity contribution in [3.63, 3.8) is 0 Å². The molecule has 0 aliphatic heterocycles. The number of anilines is 1. The van der Waals surface area contributed by atoms with Crippen LogP contribution in [0.3, 0.4) is 0 Å². The maximum atomic E-state index is 11.3. The Labute approximate surface area is 131 Å². The quantitative estimate of drug-likeness (QED) is 0.626. The van der Waals surface area contributed by atoms with Crippen molar-refractivity contribution in [3.05, 3.63) is 59.7 Å². The summed E-state index contributed by atoms with van der Waals surface area (Å²) in [4.78, 5) is 11.3. The zero-order valence-electron chi connectivity index (χ0n) is 13.0. The van der Waals surface area contributed by atoms with Gasteiger partial charge in [-0.1, -0.05) is 17.7 Å². The molecule has 0 saturated heterocycles. The second-order valence-electron chi connectivity index (χ2n) is 5.01. The zero-order chi connectivity index (χ0) is 15.8. The average Bonchev–Trinajstić information content (AvgIpc) is 2.56. The van der Waals surface area contributed by atoms with E-state index in [-0.39, 0.29) is 5.97 Å². The fourth-order valence-corrected chi connectivity index (χ4v) is 1.97. The number of nitrogens with one attached hydrogen (secondary N) is 1.